The van der Waals surface area contributed by atoms with Gasteiger partial charge in [-0.3, -0.25) is 19.8 Å². The number of rotatable bonds is 8. The molecule has 7 nitrogen and oxygen atoms in total. The Hall–Kier alpha value is -4.79. The van der Waals surface area contributed by atoms with Crippen molar-refractivity contribution in [1.82, 2.24) is 15.1 Å². The molecule has 4 aromatic carbocycles. The second-order valence-electron chi connectivity index (χ2n) is 10.1. The van der Waals surface area contributed by atoms with E-state index < -0.39 is 0 Å². The van der Waals surface area contributed by atoms with Gasteiger partial charge in [0.25, 0.3) is 5.91 Å². The van der Waals surface area contributed by atoms with E-state index in [-0.39, 0.29) is 23.0 Å². The van der Waals surface area contributed by atoms with E-state index in [0.717, 1.165) is 24.4 Å². The van der Waals surface area contributed by atoms with E-state index in [4.69, 9.17) is 17.0 Å². The summed E-state index contributed by atoms with van der Waals surface area (Å²) < 4.78 is 5.16. The molecule has 218 valence electrons. The number of nitrogens with one attached hydrogen (secondary N) is 2. The lowest BCUT2D eigenvalue weighted by atomic mass is 9.96. The summed E-state index contributed by atoms with van der Waals surface area (Å²) in [5.41, 5.74) is 4.37. The van der Waals surface area contributed by atoms with Gasteiger partial charge in [-0.2, -0.15) is 0 Å². The van der Waals surface area contributed by atoms with Gasteiger partial charge in [0.05, 0.1) is 24.4 Å². The Bertz CT molecular complexity index is 1530. The van der Waals surface area contributed by atoms with Crippen molar-refractivity contribution in [3.63, 3.8) is 0 Å². The Morgan fingerprint density at radius 2 is 1.37 bits per heavy atom. The number of piperazine rings is 1. The van der Waals surface area contributed by atoms with Crippen LogP contribution in [0, 0.1) is 0 Å². The number of nitrogens with zero attached hydrogens (tertiary/aromatic N) is 2. The van der Waals surface area contributed by atoms with Gasteiger partial charge >= 0.3 is 0 Å². The molecule has 1 heterocycles. The van der Waals surface area contributed by atoms with E-state index in [1.807, 2.05) is 53.4 Å². The predicted octanol–water partition coefficient (Wildman–Crippen LogP) is 5.77. The smallest absolute Gasteiger partial charge is 0.256 e. The highest BCUT2D eigenvalue weighted by Gasteiger charge is 2.29. The molecule has 1 aliphatic rings. The highest BCUT2D eigenvalue weighted by molar-refractivity contribution is 7.80. The number of anilines is 1. The van der Waals surface area contributed by atoms with Crippen molar-refractivity contribution in [1.29, 1.82) is 0 Å². The number of hydrogen-bond acceptors (Lipinski definition) is 5. The maximum Gasteiger partial charge on any atom is 0.256 e. The molecule has 0 aliphatic carbocycles. The fourth-order valence-electron chi connectivity index (χ4n) is 5.21. The van der Waals surface area contributed by atoms with Gasteiger partial charge in [-0.15, -0.1) is 0 Å². The Kier molecular flexibility index (Phi) is 9.94. The van der Waals surface area contributed by atoms with Gasteiger partial charge in [0.2, 0.25) is 5.91 Å². The van der Waals surface area contributed by atoms with Crippen LogP contribution < -0.4 is 15.4 Å². The molecule has 1 fully saturated rings. The molecular weight excluding hydrogens is 556 g/mol. The minimum absolute atomic E-state index is 0.0766. The number of carbonyl (C=O) groups excluding carboxylic acids is 2. The molecule has 5 rings (SSSR count). The number of thiocarbonyl (C=S) groups is 1. The molecule has 0 saturated carbocycles. The number of para-hydroxylation sites is 1. The number of methoxy groups -OCH3 is 1. The van der Waals surface area contributed by atoms with Gasteiger partial charge in [-0.05, 0) is 59.2 Å². The van der Waals surface area contributed by atoms with Crippen molar-refractivity contribution in [3.05, 3.63) is 138 Å². The zero-order valence-electron chi connectivity index (χ0n) is 24.0. The first-order valence-corrected chi connectivity index (χ1v) is 14.6. The van der Waals surface area contributed by atoms with Gasteiger partial charge < -0.3 is 15.0 Å². The second-order valence-corrected chi connectivity index (χ2v) is 10.6. The maximum absolute atomic E-state index is 13.7. The van der Waals surface area contributed by atoms with Gasteiger partial charge in [0, 0.05) is 32.3 Å². The van der Waals surface area contributed by atoms with E-state index in [1.165, 1.54) is 17.2 Å². The van der Waals surface area contributed by atoms with Gasteiger partial charge in [-0.25, -0.2) is 0 Å². The summed E-state index contributed by atoms with van der Waals surface area (Å²) in [6, 6.07) is 35.7. The summed E-state index contributed by atoms with van der Waals surface area (Å²) in [5.74, 6) is 0.289. The van der Waals surface area contributed by atoms with E-state index in [2.05, 4.69) is 64.1 Å². The first-order valence-electron chi connectivity index (χ1n) is 14.2. The van der Waals surface area contributed by atoms with Gasteiger partial charge in [0.15, 0.2) is 5.11 Å². The fraction of sp³-hybridized carbons (Fsp3) is 0.171. The first-order chi connectivity index (χ1) is 21.0. The number of benzene rings is 4. The van der Waals surface area contributed by atoms with Gasteiger partial charge in [0.1, 0.15) is 5.75 Å². The Balaban J connectivity index is 1.20. The second kappa shape index (κ2) is 14.4. The monoisotopic (exact) mass is 590 g/mol. The van der Waals surface area contributed by atoms with E-state index in [9.17, 15) is 9.59 Å². The number of amides is 2. The van der Waals surface area contributed by atoms with Crippen LogP contribution in [0.1, 0.15) is 33.1 Å². The zero-order valence-corrected chi connectivity index (χ0v) is 24.8. The summed E-state index contributed by atoms with van der Waals surface area (Å²) in [7, 11) is 1.60. The van der Waals surface area contributed by atoms with Crippen LogP contribution >= 0.6 is 12.2 Å². The molecule has 2 N–H and O–H groups in total. The SMILES string of the molecule is COc1ccc(/C=C/C(=O)NC(=S)Nc2ccccc2C(=O)N2CCN(C(c3ccccc3)c3ccccc3)CC2)cc1. The average molecular weight is 591 g/mol. The van der Waals surface area contributed by atoms with E-state index in [0.29, 0.717) is 24.3 Å². The van der Waals surface area contributed by atoms with Crippen molar-refractivity contribution >= 4 is 40.9 Å². The molecule has 0 atom stereocenters. The third-order valence-electron chi connectivity index (χ3n) is 7.38. The van der Waals surface area contributed by atoms with Crippen molar-refractivity contribution in [2.24, 2.45) is 0 Å². The Morgan fingerprint density at radius 1 is 0.791 bits per heavy atom. The summed E-state index contributed by atoms with van der Waals surface area (Å²) in [5, 5.41) is 5.80. The summed E-state index contributed by atoms with van der Waals surface area (Å²) >= 11 is 5.39. The lowest BCUT2D eigenvalue weighted by Gasteiger charge is -2.40. The third kappa shape index (κ3) is 7.74. The Morgan fingerprint density at radius 3 is 1.98 bits per heavy atom. The molecule has 0 bridgehead atoms. The van der Waals surface area contributed by atoms with Crippen LogP contribution in [-0.2, 0) is 4.79 Å². The van der Waals surface area contributed by atoms with Crippen LogP contribution in [0.15, 0.2) is 115 Å². The molecule has 1 aliphatic heterocycles. The molecule has 8 heteroatoms. The molecular formula is C35H34N4O3S. The minimum atomic E-state index is -0.375. The predicted molar refractivity (Wildman–Crippen MR) is 175 cm³/mol. The summed E-state index contributed by atoms with van der Waals surface area (Å²) in [4.78, 5) is 30.4. The fourth-order valence-corrected chi connectivity index (χ4v) is 5.42. The highest BCUT2D eigenvalue weighted by Crippen LogP contribution is 2.30. The molecule has 0 unspecified atom stereocenters. The zero-order chi connectivity index (χ0) is 30.0. The van der Waals surface area contributed by atoms with Crippen LogP contribution in [0.2, 0.25) is 0 Å². The van der Waals surface area contributed by atoms with Crippen molar-refractivity contribution < 1.29 is 14.3 Å². The standard InChI is InChI=1S/C35H34N4O3S/c1-42-29-19-16-26(17-20-29)18-21-32(40)37-35(43)36-31-15-9-8-14-30(31)34(41)39-24-22-38(23-25-39)33(27-10-4-2-5-11-27)28-12-6-3-7-13-28/h2-21,33H,22-25H2,1H3,(H2,36,37,40,43)/b21-18+. The molecule has 0 spiro atoms. The molecule has 0 radical (unpaired) electrons. The van der Waals surface area contributed by atoms with Crippen molar-refractivity contribution in [2.75, 3.05) is 38.6 Å². The minimum Gasteiger partial charge on any atom is -0.497 e. The van der Waals surface area contributed by atoms with Crippen molar-refractivity contribution in [3.8, 4) is 5.75 Å². The lowest BCUT2D eigenvalue weighted by Crippen LogP contribution is -2.50. The Labute approximate surface area is 257 Å². The molecule has 1 saturated heterocycles. The number of hydrogen-bond donors (Lipinski definition) is 2. The number of ether oxygens (including phenoxy) is 1. The van der Waals surface area contributed by atoms with Crippen LogP contribution in [-0.4, -0.2) is 60.0 Å². The third-order valence-corrected chi connectivity index (χ3v) is 7.59. The topological polar surface area (TPSA) is 73.9 Å². The molecule has 0 aromatic heterocycles. The lowest BCUT2D eigenvalue weighted by molar-refractivity contribution is -0.115. The first kappa shape index (κ1) is 29.7. The van der Waals surface area contributed by atoms with E-state index in [1.54, 1.807) is 25.3 Å². The van der Waals surface area contributed by atoms with Crippen LogP contribution in [0.25, 0.3) is 6.08 Å². The average Bonchev–Trinajstić information content (AvgIpc) is 3.05. The van der Waals surface area contributed by atoms with Gasteiger partial charge in [-0.1, -0.05) is 84.9 Å². The van der Waals surface area contributed by atoms with Crippen LogP contribution in [0.5, 0.6) is 5.75 Å². The maximum atomic E-state index is 13.7. The molecule has 43 heavy (non-hydrogen) atoms. The molecule has 4 aromatic rings. The molecule has 2 amide bonds. The van der Waals surface area contributed by atoms with Crippen molar-refractivity contribution in [2.45, 2.75) is 6.04 Å². The largest absolute Gasteiger partial charge is 0.497 e. The van der Waals surface area contributed by atoms with Crippen LogP contribution in [0.4, 0.5) is 5.69 Å². The normalized spacial score (nSPS) is 13.6. The van der Waals surface area contributed by atoms with E-state index >= 15 is 0 Å². The number of carbonyl (C=O) groups is 2. The summed E-state index contributed by atoms with van der Waals surface area (Å²) in [6.07, 6.45) is 3.10. The summed E-state index contributed by atoms with van der Waals surface area (Å²) in [6.45, 7) is 2.68. The highest BCUT2D eigenvalue weighted by atomic mass is 32.1. The quantitative estimate of drug-likeness (QED) is 0.201. The van der Waals surface area contributed by atoms with Crippen LogP contribution in [0.3, 0.4) is 0 Å².